The van der Waals surface area contributed by atoms with Gasteiger partial charge in [0.05, 0.1) is 0 Å². The van der Waals surface area contributed by atoms with E-state index in [9.17, 15) is 0 Å². The van der Waals surface area contributed by atoms with Crippen molar-refractivity contribution in [2.75, 3.05) is 18.0 Å². The molecule has 118 valence electrons. The van der Waals surface area contributed by atoms with Crippen molar-refractivity contribution in [1.82, 2.24) is 10.3 Å². The second kappa shape index (κ2) is 6.66. The number of pyridine rings is 1. The van der Waals surface area contributed by atoms with Gasteiger partial charge in [-0.25, -0.2) is 4.98 Å². The van der Waals surface area contributed by atoms with E-state index in [1.165, 1.54) is 12.0 Å². The summed E-state index contributed by atoms with van der Waals surface area (Å²) in [6.45, 7) is 14.5. The highest BCUT2D eigenvalue weighted by Gasteiger charge is 2.33. The van der Waals surface area contributed by atoms with Crippen LogP contribution in [0.15, 0.2) is 16.7 Å². The number of nitrogens with one attached hydrogen (secondary N) is 1. The fourth-order valence-corrected chi connectivity index (χ4v) is 3.24. The van der Waals surface area contributed by atoms with Crippen LogP contribution in [0.1, 0.15) is 46.6 Å². The van der Waals surface area contributed by atoms with E-state index in [1.807, 2.05) is 6.20 Å². The Bertz CT molecular complexity index is 479. The van der Waals surface area contributed by atoms with Crippen molar-refractivity contribution < 1.29 is 0 Å². The van der Waals surface area contributed by atoms with Crippen LogP contribution in [0.5, 0.6) is 0 Å². The zero-order valence-corrected chi connectivity index (χ0v) is 15.5. The molecule has 1 aromatic rings. The van der Waals surface area contributed by atoms with Gasteiger partial charge in [0.25, 0.3) is 0 Å². The summed E-state index contributed by atoms with van der Waals surface area (Å²) in [5, 5.41) is 3.51. The second-order valence-electron chi connectivity index (χ2n) is 7.47. The molecule has 0 aromatic carbocycles. The molecule has 21 heavy (non-hydrogen) atoms. The molecule has 1 N–H and O–H groups in total. The smallest absolute Gasteiger partial charge is 0.133 e. The van der Waals surface area contributed by atoms with Crippen molar-refractivity contribution in [3.8, 4) is 0 Å². The van der Waals surface area contributed by atoms with Crippen LogP contribution in [-0.4, -0.2) is 24.1 Å². The molecular formula is C17H28BrN3. The normalized spacial score (nSPS) is 19.6. The van der Waals surface area contributed by atoms with E-state index >= 15 is 0 Å². The minimum absolute atomic E-state index is 0.375. The highest BCUT2D eigenvalue weighted by Crippen LogP contribution is 2.36. The largest absolute Gasteiger partial charge is 0.356 e. The third kappa shape index (κ3) is 4.43. The van der Waals surface area contributed by atoms with Crippen LogP contribution in [0.4, 0.5) is 5.82 Å². The highest BCUT2D eigenvalue weighted by atomic mass is 79.9. The van der Waals surface area contributed by atoms with Gasteiger partial charge in [0.1, 0.15) is 5.82 Å². The quantitative estimate of drug-likeness (QED) is 0.878. The van der Waals surface area contributed by atoms with Gasteiger partial charge in [0, 0.05) is 41.9 Å². The standard InChI is InChI=1S/C17H28BrN3/c1-12(2)19-9-13-8-15(18)10-20-16(13)21-7-6-14(11-21)17(3,4)5/h8,10,12,14,19H,6-7,9,11H2,1-5H3. The molecule has 0 bridgehead atoms. The van der Waals surface area contributed by atoms with Crippen LogP contribution in [0, 0.1) is 11.3 Å². The lowest BCUT2D eigenvalue weighted by atomic mass is 9.80. The Morgan fingerprint density at radius 2 is 2.14 bits per heavy atom. The Morgan fingerprint density at radius 1 is 1.43 bits per heavy atom. The zero-order valence-electron chi connectivity index (χ0n) is 13.9. The number of hydrogen-bond donors (Lipinski definition) is 1. The molecule has 2 heterocycles. The van der Waals surface area contributed by atoms with Gasteiger partial charge in [0.2, 0.25) is 0 Å². The van der Waals surface area contributed by atoms with Gasteiger partial charge in [-0.3, -0.25) is 0 Å². The molecule has 1 aromatic heterocycles. The first-order valence-corrected chi connectivity index (χ1v) is 8.69. The fraction of sp³-hybridized carbons (Fsp3) is 0.706. The van der Waals surface area contributed by atoms with E-state index in [0.717, 1.165) is 35.8 Å². The van der Waals surface area contributed by atoms with Gasteiger partial charge in [-0.05, 0) is 39.8 Å². The van der Waals surface area contributed by atoms with Crippen LogP contribution in [-0.2, 0) is 6.54 Å². The summed E-state index contributed by atoms with van der Waals surface area (Å²) in [6.07, 6.45) is 3.18. The number of aromatic nitrogens is 1. The van der Waals surface area contributed by atoms with Crippen molar-refractivity contribution in [3.63, 3.8) is 0 Å². The topological polar surface area (TPSA) is 28.2 Å². The minimum Gasteiger partial charge on any atom is -0.356 e. The number of hydrogen-bond acceptors (Lipinski definition) is 3. The Hall–Kier alpha value is -0.610. The number of rotatable bonds is 4. The van der Waals surface area contributed by atoms with Crippen molar-refractivity contribution in [2.24, 2.45) is 11.3 Å². The molecule has 0 saturated carbocycles. The van der Waals surface area contributed by atoms with Crippen LogP contribution >= 0.6 is 15.9 Å². The average Bonchev–Trinajstić information content (AvgIpc) is 2.85. The van der Waals surface area contributed by atoms with E-state index in [0.29, 0.717) is 11.5 Å². The summed E-state index contributed by atoms with van der Waals surface area (Å²) in [5.74, 6) is 1.90. The van der Waals surface area contributed by atoms with E-state index < -0.39 is 0 Å². The van der Waals surface area contributed by atoms with E-state index in [2.05, 4.69) is 66.8 Å². The molecule has 1 fully saturated rings. The van der Waals surface area contributed by atoms with Crippen LogP contribution < -0.4 is 10.2 Å². The third-order valence-electron chi connectivity index (χ3n) is 4.32. The van der Waals surface area contributed by atoms with Crippen molar-refractivity contribution in [3.05, 3.63) is 22.3 Å². The molecule has 1 aliphatic rings. The SMILES string of the molecule is CC(C)NCc1cc(Br)cnc1N1CCC(C(C)(C)C)C1. The lowest BCUT2D eigenvalue weighted by Gasteiger charge is -2.28. The number of halogens is 1. The molecule has 0 spiro atoms. The first kappa shape index (κ1) is 16.8. The number of anilines is 1. The van der Waals surface area contributed by atoms with E-state index in [-0.39, 0.29) is 0 Å². The van der Waals surface area contributed by atoms with Crippen molar-refractivity contribution in [2.45, 2.75) is 53.6 Å². The summed E-state index contributed by atoms with van der Waals surface area (Å²) in [7, 11) is 0. The van der Waals surface area contributed by atoms with Gasteiger partial charge >= 0.3 is 0 Å². The first-order chi connectivity index (χ1) is 9.77. The van der Waals surface area contributed by atoms with Gasteiger partial charge in [-0.15, -0.1) is 0 Å². The summed E-state index contributed by atoms with van der Waals surface area (Å²) in [6, 6.07) is 2.68. The van der Waals surface area contributed by atoms with Gasteiger partial charge in [0.15, 0.2) is 0 Å². The van der Waals surface area contributed by atoms with Gasteiger partial charge < -0.3 is 10.2 Å². The summed E-state index contributed by atoms with van der Waals surface area (Å²) < 4.78 is 1.05. The molecular weight excluding hydrogens is 326 g/mol. The van der Waals surface area contributed by atoms with Crippen LogP contribution in [0.25, 0.3) is 0 Å². The highest BCUT2D eigenvalue weighted by molar-refractivity contribution is 9.10. The molecule has 1 unspecified atom stereocenters. The summed E-state index contributed by atoms with van der Waals surface area (Å²) in [4.78, 5) is 7.15. The van der Waals surface area contributed by atoms with Gasteiger partial charge in [-0.1, -0.05) is 34.6 Å². The van der Waals surface area contributed by atoms with Crippen LogP contribution in [0.3, 0.4) is 0 Å². The Morgan fingerprint density at radius 3 is 2.71 bits per heavy atom. The monoisotopic (exact) mass is 353 g/mol. The zero-order chi connectivity index (χ0) is 15.6. The molecule has 1 aliphatic heterocycles. The Labute approximate surface area is 137 Å². The molecule has 0 radical (unpaired) electrons. The predicted molar refractivity (Wildman–Crippen MR) is 93.7 cm³/mol. The first-order valence-electron chi connectivity index (χ1n) is 7.90. The predicted octanol–water partition coefficient (Wildman–Crippen LogP) is 4.21. The molecule has 3 nitrogen and oxygen atoms in total. The molecule has 1 saturated heterocycles. The molecule has 0 aliphatic carbocycles. The summed E-state index contributed by atoms with van der Waals surface area (Å²) in [5.41, 5.74) is 1.66. The maximum Gasteiger partial charge on any atom is 0.133 e. The molecule has 0 amide bonds. The molecule has 4 heteroatoms. The fourth-order valence-electron chi connectivity index (χ4n) is 2.86. The second-order valence-corrected chi connectivity index (χ2v) is 8.39. The van der Waals surface area contributed by atoms with Crippen molar-refractivity contribution >= 4 is 21.7 Å². The lowest BCUT2D eigenvalue weighted by Crippen LogP contribution is -2.28. The van der Waals surface area contributed by atoms with E-state index in [4.69, 9.17) is 4.98 Å². The lowest BCUT2D eigenvalue weighted by molar-refractivity contribution is 0.263. The van der Waals surface area contributed by atoms with Crippen molar-refractivity contribution in [1.29, 1.82) is 0 Å². The van der Waals surface area contributed by atoms with Crippen LogP contribution in [0.2, 0.25) is 0 Å². The van der Waals surface area contributed by atoms with Gasteiger partial charge in [-0.2, -0.15) is 0 Å². The average molecular weight is 354 g/mol. The minimum atomic E-state index is 0.375. The maximum atomic E-state index is 4.69. The third-order valence-corrected chi connectivity index (χ3v) is 4.76. The summed E-state index contributed by atoms with van der Waals surface area (Å²) >= 11 is 3.55. The molecule has 2 rings (SSSR count). The molecule has 1 atom stereocenters. The maximum absolute atomic E-state index is 4.69. The Balaban J connectivity index is 2.16. The van der Waals surface area contributed by atoms with E-state index in [1.54, 1.807) is 0 Å². The number of nitrogens with zero attached hydrogens (tertiary/aromatic N) is 2. The Kier molecular flexibility index (Phi) is 5.31.